The predicted octanol–water partition coefficient (Wildman–Crippen LogP) is 7.27. The SMILES string of the molecule is OC1(c2ccccc2)/C(=C/c2ccccc2)C(c2ccc(Cl)cc2)=CC12SCCCS2. The first-order valence-electron chi connectivity index (χ1n) is 10.4. The fourth-order valence-electron chi connectivity index (χ4n) is 4.40. The fourth-order valence-corrected chi connectivity index (χ4v) is 8.00. The van der Waals surface area contributed by atoms with E-state index in [1.807, 2.05) is 72.1 Å². The van der Waals surface area contributed by atoms with Crippen molar-refractivity contribution in [3.05, 3.63) is 118 Å². The minimum Gasteiger partial charge on any atom is -0.378 e. The van der Waals surface area contributed by atoms with Gasteiger partial charge < -0.3 is 5.11 Å². The molecule has 4 heteroatoms. The highest BCUT2D eigenvalue weighted by Crippen LogP contribution is 2.64. The monoisotopic (exact) mass is 462 g/mol. The zero-order valence-corrected chi connectivity index (χ0v) is 19.4. The summed E-state index contributed by atoms with van der Waals surface area (Å²) in [5, 5.41) is 13.4. The van der Waals surface area contributed by atoms with Gasteiger partial charge >= 0.3 is 0 Å². The van der Waals surface area contributed by atoms with Gasteiger partial charge in [-0.15, -0.1) is 23.5 Å². The van der Waals surface area contributed by atoms with E-state index in [-0.39, 0.29) is 0 Å². The number of benzene rings is 3. The average Bonchev–Trinajstić information content (AvgIpc) is 3.05. The van der Waals surface area contributed by atoms with Gasteiger partial charge in [-0.3, -0.25) is 0 Å². The van der Waals surface area contributed by atoms with E-state index in [1.54, 1.807) is 0 Å². The van der Waals surface area contributed by atoms with E-state index >= 15 is 0 Å². The molecule has 31 heavy (non-hydrogen) atoms. The van der Waals surface area contributed by atoms with E-state index in [4.69, 9.17) is 11.6 Å². The van der Waals surface area contributed by atoms with E-state index in [0.717, 1.165) is 45.8 Å². The van der Waals surface area contributed by atoms with Crippen molar-refractivity contribution in [2.45, 2.75) is 16.1 Å². The zero-order valence-electron chi connectivity index (χ0n) is 17.0. The number of aliphatic hydroxyl groups is 1. The number of rotatable bonds is 3. The third kappa shape index (κ3) is 3.68. The van der Waals surface area contributed by atoms with Gasteiger partial charge in [-0.1, -0.05) is 84.4 Å². The van der Waals surface area contributed by atoms with Gasteiger partial charge in [-0.2, -0.15) is 0 Å². The molecule has 0 amide bonds. The standard InChI is InChI=1S/C27H23ClOS2/c28-23-14-12-21(13-15-23)24-19-26(30-16-7-17-31-26)27(29,22-10-5-2-6-11-22)25(24)18-20-8-3-1-4-9-20/h1-6,8-15,18-19,29H,7,16-17H2/b25-18+. The van der Waals surface area contributed by atoms with Gasteiger partial charge in [0.25, 0.3) is 0 Å². The molecule has 1 heterocycles. The first kappa shape index (κ1) is 21.0. The Labute approximate surface area is 197 Å². The van der Waals surface area contributed by atoms with Crippen molar-refractivity contribution in [2.24, 2.45) is 0 Å². The number of thioether (sulfide) groups is 2. The molecule has 5 rings (SSSR count). The first-order chi connectivity index (χ1) is 15.1. The maximum atomic E-state index is 12.7. The first-order valence-corrected chi connectivity index (χ1v) is 12.8. The smallest absolute Gasteiger partial charge is 0.143 e. The van der Waals surface area contributed by atoms with E-state index in [1.165, 1.54) is 0 Å². The number of hydrogen-bond donors (Lipinski definition) is 1. The van der Waals surface area contributed by atoms with Crippen molar-refractivity contribution >= 4 is 46.8 Å². The Bertz CT molecular complexity index is 1120. The molecule has 1 aliphatic carbocycles. The average molecular weight is 463 g/mol. The molecule has 1 N–H and O–H groups in total. The molecule has 3 aromatic carbocycles. The molecule has 1 nitrogen and oxygen atoms in total. The highest BCUT2D eigenvalue weighted by molar-refractivity contribution is 8.19. The van der Waals surface area contributed by atoms with Gasteiger partial charge in [-0.05, 0) is 70.0 Å². The second-order valence-corrected chi connectivity index (χ2v) is 11.2. The maximum Gasteiger partial charge on any atom is 0.143 e. The van der Waals surface area contributed by atoms with E-state index < -0.39 is 9.68 Å². The molecule has 0 bridgehead atoms. The van der Waals surface area contributed by atoms with Crippen molar-refractivity contribution < 1.29 is 5.11 Å². The molecule has 2 aliphatic rings. The number of halogens is 1. The lowest BCUT2D eigenvalue weighted by Gasteiger charge is -2.44. The Kier molecular flexibility index (Phi) is 5.78. The molecule has 0 radical (unpaired) electrons. The summed E-state index contributed by atoms with van der Waals surface area (Å²) < 4.78 is -0.470. The normalized spacial score (nSPS) is 23.8. The molecular weight excluding hydrogens is 440 g/mol. The van der Waals surface area contributed by atoms with Crippen molar-refractivity contribution in [3.8, 4) is 0 Å². The van der Waals surface area contributed by atoms with Crippen LogP contribution < -0.4 is 0 Å². The lowest BCUT2D eigenvalue weighted by Crippen LogP contribution is -2.45. The Hall–Kier alpha value is -1.91. The summed E-state index contributed by atoms with van der Waals surface area (Å²) in [6, 6.07) is 28.3. The topological polar surface area (TPSA) is 20.2 Å². The molecule has 0 aromatic heterocycles. The molecule has 1 fully saturated rings. The van der Waals surface area contributed by atoms with Gasteiger partial charge in [0.05, 0.1) is 0 Å². The van der Waals surface area contributed by atoms with E-state index in [2.05, 4.69) is 48.6 Å². The highest BCUT2D eigenvalue weighted by Gasteiger charge is 2.59. The van der Waals surface area contributed by atoms with Crippen LogP contribution in [0.5, 0.6) is 0 Å². The fraction of sp³-hybridized carbons (Fsp3) is 0.185. The van der Waals surface area contributed by atoms with Gasteiger partial charge in [0, 0.05) is 5.02 Å². The molecule has 3 aromatic rings. The highest BCUT2D eigenvalue weighted by atomic mass is 35.5. The van der Waals surface area contributed by atoms with Crippen LogP contribution in [-0.2, 0) is 5.60 Å². The van der Waals surface area contributed by atoms with Gasteiger partial charge in [0.15, 0.2) is 0 Å². The zero-order chi connectivity index (χ0) is 21.3. The van der Waals surface area contributed by atoms with Gasteiger partial charge in [0.2, 0.25) is 0 Å². The molecular formula is C27H23ClOS2. The van der Waals surface area contributed by atoms with Crippen molar-refractivity contribution in [1.29, 1.82) is 0 Å². The molecule has 156 valence electrons. The third-order valence-electron chi connectivity index (χ3n) is 5.90. The molecule has 1 saturated heterocycles. The quantitative estimate of drug-likeness (QED) is 0.441. The molecule has 1 atom stereocenters. The summed E-state index contributed by atoms with van der Waals surface area (Å²) in [7, 11) is 0. The lowest BCUT2D eigenvalue weighted by molar-refractivity contribution is 0.0870. The summed E-state index contributed by atoms with van der Waals surface area (Å²) in [4.78, 5) is 0. The number of hydrogen-bond acceptors (Lipinski definition) is 3. The third-order valence-corrected chi connectivity index (χ3v) is 9.53. The lowest BCUT2D eigenvalue weighted by atomic mass is 9.82. The van der Waals surface area contributed by atoms with Crippen molar-refractivity contribution in [3.63, 3.8) is 0 Å². The summed E-state index contributed by atoms with van der Waals surface area (Å²) >= 11 is 9.91. The van der Waals surface area contributed by atoms with Crippen LogP contribution in [0.25, 0.3) is 11.6 Å². The minimum absolute atomic E-state index is 0.470. The second kappa shape index (κ2) is 8.55. The van der Waals surface area contributed by atoms with Crippen LogP contribution in [-0.4, -0.2) is 20.7 Å². The van der Waals surface area contributed by atoms with Crippen LogP contribution in [0, 0.1) is 0 Å². The Balaban J connectivity index is 1.77. The van der Waals surface area contributed by atoms with E-state index in [9.17, 15) is 5.11 Å². The maximum absolute atomic E-state index is 12.7. The molecule has 0 saturated carbocycles. The van der Waals surface area contributed by atoms with Crippen LogP contribution in [0.2, 0.25) is 5.02 Å². The predicted molar refractivity (Wildman–Crippen MR) is 136 cm³/mol. The van der Waals surface area contributed by atoms with Gasteiger partial charge in [0.1, 0.15) is 9.68 Å². The molecule has 1 aliphatic heterocycles. The summed E-state index contributed by atoms with van der Waals surface area (Å²) in [6.45, 7) is 0. The Morgan fingerprint density at radius 3 is 2.06 bits per heavy atom. The largest absolute Gasteiger partial charge is 0.378 e. The van der Waals surface area contributed by atoms with Crippen molar-refractivity contribution in [1.82, 2.24) is 0 Å². The molecule has 1 spiro atoms. The summed E-state index contributed by atoms with van der Waals surface area (Å²) in [6.07, 6.45) is 5.61. The van der Waals surface area contributed by atoms with E-state index in [0.29, 0.717) is 5.02 Å². The van der Waals surface area contributed by atoms with Crippen LogP contribution in [0.1, 0.15) is 23.1 Å². The Morgan fingerprint density at radius 1 is 0.806 bits per heavy atom. The van der Waals surface area contributed by atoms with Crippen LogP contribution in [0.4, 0.5) is 0 Å². The van der Waals surface area contributed by atoms with Crippen LogP contribution in [0.3, 0.4) is 0 Å². The van der Waals surface area contributed by atoms with Crippen LogP contribution in [0.15, 0.2) is 96.6 Å². The summed E-state index contributed by atoms with van der Waals surface area (Å²) in [5.74, 6) is 2.07. The van der Waals surface area contributed by atoms with Gasteiger partial charge in [-0.25, -0.2) is 0 Å². The second-order valence-electron chi connectivity index (χ2n) is 7.83. The Morgan fingerprint density at radius 2 is 1.42 bits per heavy atom. The van der Waals surface area contributed by atoms with Crippen LogP contribution >= 0.6 is 35.1 Å². The van der Waals surface area contributed by atoms with Crippen molar-refractivity contribution in [2.75, 3.05) is 11.5 Å². The minimum atomic E-state index is -1.14. The molecule has 1 unspecified atom stereocenters. The summed E-state index contributed by atoms with van der Waals surface area (Å²) in [5.41, 5.74) is 3.95.